The van der Waals surface area contributed by atoms with Gasteiger partial charge in [-0.25, -0.2) is 13.6 Å². The van der Waals surface area contributed by atoms with Crippen LogP contribution in [-0.2, 0) is 40.8 Å². The molecular formula is C47H54F2N12O6. The number of alkyl halides is 2. The second-order valence-corrected chi connectivity index (χ2v) is 18.4. The third-order valence-corrected chi connectivity index (χ3v) is 14.4. The highest BCUT2D eigenvalue weighted by atomic mass is 19.3. The molecule has 8 heterocycles. The minimum absolute atomic E-state index is 0.00600. The molecule has 3 fully saturated rings. The summed E-state index contributed by atoms with van der Waals surface area (Å²) < 4.78 is 33.2. The lowest BCUT2D eigenvalue weighted by Crippen LogP contribution is -2.54. The molecule has 7 amide bonds. The van der Waals surface area contributed by atoms with Crippen molar-refractivity contribution in [2.75, 3.05) is 63.1 Å². The monoisotopic (exact) mass is 920 g/mol. The third kappa shape index (κ3) is 8.18. The quantitative estimate of drug-likeness (QED) is 0.205. The summed E-state index contributed by atoms with van der Waals surface area (Å²) in [6.45, 7) is 4.13. The van der Waals surface area contributed by atoms with Gasteiger partial charge < -0.3 is 25.3 Å². The predicted octanol–water partition coefficient (Wildman–Crippen LogP) is 4.14. The number of benzene rings is 2. The van der Waals surface area contributed by atoms with E-state index in [1.54, 1.807) is 60.3 Å². The van der Waals surface area contributed by atoms with Crippen LogP contribution in [0.25, 0.3) is 11.1 Å². The SMILES string of the molecule is CNC(=O)N1CCc2c(c(N3CCCc4cc(-c5cnn(C)c5)c(C(F)F)cc43)nn2C2CCN(C(=O)CN3CCC(Nc4cccc5c4C(=O)N(C4CCC(=O)NC4=O)C5=O)CC3)CC2)C1. The van der Waals surface area contributed by atoms with Gasteiger partial charge in [0.15, 0.2) is 5.82 Å². The van der Waals surface area contributed by atoms with Crippen LogP contribution in [0.2, 0.25) is 0 Å². The van der Waals surface area contributed by atoms with E-state index in [0.717, 1.165) is 34.6 Å². The standard InChI is InChI=1S/C47H54F2N12O6/c1-50-47(67)58-20-14-36-34(25-58)43(59-15-4-5-27-21-32(28-23-51-55(2)24-28)33(42(48)49)22-38(27)59)54-61(36)30-12-18-57(19-13-30)40(63)26-56-16-10-29(11-17-56)52-35-7-3-6-31-41(35)46(66)60(45(31)65)37-8-9-39(62)53-44(37)64/h3,6-7,21-24,29-30,37,42,52H,4-5,8-20,25-26H2,1-2H3,(H,50,67)(H,53,62,64). The molecular weight excluding hydrogens is 867 g/mol. The van der Waals surface area contributed by atoms with Crippen molar-refractivity contribution in [3.05, 3.63) is 76.2 Å². The van der Waals surface area contributed by atoms with Crippen molar-refractivity contribution < 1.29 is 37.5 Å². The topological polar surface area (TPSA) is 190 Å². The number of fused-ring (bicyclic) bond motifs is 3. The van der Waals surface area contributed by atoms with E-state index in [4.69, 9.17) is 5.10 Å². The first-order valence-corrected chi connectivity index (χ1v) is 23.3. The average molecular weight is 921 g/mol. The predicted molar refractivity (Wildman–Crippen MR) is 241 cm³/mol. The molecule has 1 unspecified atom stereocenters. The molecule has 2 aromatic heterocycles. The van der Waals surface area contributed by atoms with Gasteiger partial charge in [-0.1, -0.05) is 6.07 Å². The Morgan fingerprint density at radius 2 is 1.69 bits per heavy atom. The normalized spacial score (nSPS) is 20.6. The fourth-order valence-corrected chi connectivity index (χ4v) is 10.9. The molecule has 18 nitrogen and oxygen atoms in total. The average Bonchev–Trinajstić information content (AvgIpc) is 4.01. The van der Waals surface area contributed by atoms with Gasteiger partial charge in [-0.15, -0.1) is 0 Å². The number of likely N-dealkylation sites (tertiary alicyclic amines) is 2. The van der Waals surface area contributed by atoms with Crippen LogP contribution in [0.5, 0.6) is 0 Å². The largest absolute Gasteiger partial charge is 0.382 e. The zero-order valence-corrected chi connectivity index (χ0v) is 37.6. The molecule has 0 aliphatic carbocycles. The molecule has 0 saturated carbocycles. The van der Waals surface area contributed by atoms with Gasteiger partial charge in [-0.3, -0.25) is 48.5 Å². The summed E-state index contributed by atoms with van der Waals surface area (Å²) in [6, 6.07) is 7.29. The molecule has 0 radical (unpaired) electrons. The van der Waals surface area contributed by atoms with Crippen LogP contribution in [0.1, 0.15) is 101 Å². The minimum atomic E-state index is -2.71. The van der Waals surface area contributed by atoms with Crippen molar-refractivity contribution in [2.24, 2.45) is 7.05 Å². The molecule has 352 valence electrons. The summed E-state index contributed by atoms with van der Waals surface area (Å²) in [5.74, 6) is -1.45. The van der Waals surface area contributed by atoms with E-state index in [9.17, 15) is 37.5 Å². The lowest BCUT2D eigenvalue weighted by Gasteiger charge is -2.36. The molecule has 20 heteroatoms. The van der Waals surface area contributed by atoms with Gasteiger partial charge in [0.05, 0.1) is 36.5 Å². The Morgan fingerprint density at radius 1 is 0.896 bits per heavy atom. The number of imide groups is 2. The van der Waals surface area contributed by atoms with Gasteiger partial charge in [0.1, 0.15) is 6.04 Å². The molecule has 3 N–H and O–H groups in total. The maximum absolute atomic E-state index is 14.8. The fraction of sp³-hybridized carbons (Fsp3) is 0.489. The Morgan fingerprint density at radius 3 is 2.40 bits per heavy atom. The molecule has 10 rings (SSSR count). The van der Waals surface area contributed by atoms with Gasteiger partial charge in [0, 0.05) is 112 Å². The first kappa shape index (κ1) is 44.2. The Bertz CT molecular complexity index is 2670. The lowest BCUT2D eigenvalue weighted by atomic mass is 9.92. The van der Waals surface area contributed by atoms with E-state index in [2.05, 4.69) is 35.5 Å². The molecule has 4 aromatic rings. The molecule has 2 aromatic carbocycles. The van der Waals surface area contributed by atoms with Crippen molar-refractivity contribution in [3.63, 3.8) is 0 Å². The number of hydrogen-bond acceptors (Lipinski definition) is 11. The number of aryl methyl sites for hydroxylation is 2. The van der Waals surface area contributed by atoms with Crippen molar-refractivity contribution in [3.8, 4) is 11.1 Å². The summed E-state index contributed by atoms with van der Waals surface area (Å²) in [6.07, 6.45) is 5.69. The molecule has 3 saturated heterocycles. The third-order valence-electron chi connectivity index (χ3n) is 14.4. The van der Waals surface area contributed by atoms with E-state index in [1.807, 2.05) is 11.0 Å². The van der Waals surface area contributed by atoms with Crippen LogP contribution < -0.4 is 20.9 Å². The first-order chi connectivity index (χ1) is 32.4. The fourth-order valence-electron chi connectivity index (χ4n) is 10.9. The summed E-state index contributed by atoms with van der Waals surface area (Å²) in [5.41, 5.74) is 5.63. The highest BCUT2D eigenvalue weighted by Gasteiger charge is 2.46. The van der Waals surface area contributed by atoms with E-state index in [1.165, 1.54) is 0 Å². The van der Waals surface area contributed by atoms with Crippen LogP contribution in [0.4, 0.5) is 30.8 Å². The zero-order valence-electron chi connectivity index (χ0n) is 37.6. The molecule has 6 aliphatic heterocycles. The molecule has 6 aliphatic rings. The number of carbonyl (C=O) groups excluding carboxylic acids is 6. The lowest BCUT2D eigenvalue weighted by molar-refractivity contribution is -0.136. The number of anilines is 3. The Kier molecular flexibility index (Phi) is 11.8. The molecule has 0 bridgehead atoms. The number of urea groups is 1. The summed E-state index contributed by atoms with van der Waals surface area (Å²) >= 11 is 0. The number of aromatic nitrogens is 4. The first-order valence-electron chi connectivity index (χ1n) is 23.3. The Hall–Kier alpha value is -6.70. The van der Waals surface area contributed by atoms with Crippen LogP contribution in [0.15, 0.2) is 42.7 Å². The number of carbonyl (C=O) groups is 6. The highest BCUT2D eigenvalue weighted by Crippen LogP contribution is 2.44. The minimum Gasteiger partial charge on any atom is -0.382 e. The molecule has 67 heavy (non-hydrogen) atoms. The Balaban J connectivity index is 0.791. The zero-order chi connectivity index (χ0) is 46.7. The number of halogens is 2. The number of hydrogen-bond donors (Lipinski definition) is 3. The smallest absolute Gasteiger partial charge is 0.317 e. The van der Waals surface area contributed by atoms with Gasteiger partial charge in [0.2, 0.25) is 17.7 Å². The Labute approximate surface area is 385 Å². The maximum atomic E-state index is 14.8. The number of amides is 7. The highest BCUT2D eigenvalue weighted by molar-refractivity contribution is 6.25. The van der Waals surface area contributed by atoms with E-state index < -0.39 is 36.1 Å². The van der Waals surface area contributed by atoms with Crippen molar-refractivity contribution in [2.45, 2.75) is 88.9 Å². The van der Waals surface area contributed by atoms with Gasteiger partial charge in [0.25, 0.3) is 18.2 Å². The van der Waals surface area contributed by atoms with Crippen LogP contribution in [0, 0.1) is 0 Å². The second kappa shape index (κ2) is 17.8. The van der Waals surface area contributed by atoms with Gasteiger partial charge in [-0.2, -0.15) is 10.2 Å². The number of nitrogens with one attached hydrogen (secondary N) is 3. The second-order valence-electron chi connectivity index (χ2n) is 18.4. The van der Waals surface area contributed by atoms with E-state index in [-0.39, 0.29) is 60.1 Å². The maximum Gasteiger partial charge on any atom is 0.317 e. The van der Waals surface area contributed by atoms with Crippen LogP contribution >= 0.6 is 0 Å². The van der Waals surface area contributed by atoms with Crippen LogP contribution in [-0.4, -0.2) is 140 Å². The van der Waals surface area contributed by atoms with Crippen LogP contribution in [0.3, 0.4) is 0 Å². The van der Waals surface area contributed by atoms with E-state index >= 15 is 0 Å². The number of rotatable bonds is 9. The summed E-state index contributed by atoms with van der Waals surface area (Å²) in [5, 5.41) is 17.9. The summed E-state index contributed by atoms with van der Waals surface area (Å²) in [4.78, 5) is 86.8. The van der Waals surface area contributed by atoms with Crippen molar-refractivity contribution >= 4 is 52.8 Å². The summed E-state index contributed by atoms with van der Waals surface area (Å²) in [7, 11) is 3.37. The van der Waals surface area contributed by atoms with Gasteiger partial charge >= 0.3 is 6.03 Å². The van der Waals surface area contributed by atoms with Crippen molar-refractivity contribution in [1.29, 1.82) is 0 Å². The molecule has 1 atom stereocenters. The molecule has 0 spiro atoms. The van der Waals surface area contributed by atoms with E-state index in [0.29, 0.717) is 106 Å². The van der Waals surface area contributed by atoms with Gasteiger partial charge in [-0.05, 0) is 80.3 Å². The van der Waals surface area contributed by atoms with Crippen molar-refractivity contribution in [1.82, 2.24) is 49.8 Å². The number of piperidine rings is 3. The number of nitrogens with zero attached hydrogens (tertiary/aromatic N) is 9.